The van der Waals surface area contributed by atoms with E-state index < -0.39 is 0 Å². The van der Waals surface area contributed by atoms with E-state index in [1.54, 1.807) is 22.7 Å². The maximum absolute atomic E-state index is 11.2. The van der Waals surface area contributed by atoms with Gasteiger partial charge in [0.2, 0.25) is 5.91 Å². The Labute approximate surface area is 99.8 Å². The Morgan fingerprint density at radius 3 is 2.88 bits per heavy atom. The van der Waals surface area contributed by atoms with Crippen LogP contribution in [0.25, 0.3) is 0 Å². The molecule has 1 saturated heterocycles. The van der Waals surface area contributed by atoms with Gasteiger partial charge in [-0.2, -0.15) is 10.4 Å². The molecular formula is C11H15N5O. The van der Waals surface area contributed by atoms with Gasteiger partial charge < -0.3 is 10.2 Å². The van der Waals surface area contributed by atoms with E-state index in [4.69, 9.17) is 5.26 Å². The number of hydrogen-bond acceptors (Lipinski definition) is 4. The first-order chi connectivity index (χ1) is 8.11. The van der Waals surface area contributed by atoms with E-state index >= 15 is 0 Å². The second-order valence-electron chi connectivity index (χ2n) is 4.36. The smallest absolute Gasteiger partial charge is 0.219 e. The monoisotopic (exact) mass is 233 g/mol. The van der Waals surface area contributed by atoms with Crippen LogP contribution in [-0.4, -0.2) is 40.7 Å². The molecule has 1 N–H and O–H groups in total. The Bertz CT molecular complexity index is 466. The van der Waals surface area contributed by atoms with Gasteiger partial charge in [-0.3, -0.25) is 9.48 Å². The van der Waals surface area contributed by atoms with Crippen LogP contribution in [0.15, 0.2) is 12.4 Å². The first-order valence-electron chi connectivity index (χ1n) is 5.47. The summed E-state index contributed by atoms with van der Waals surface area (Å²) in [6, 6.07) is 2.18. The Hall–Kier alpha value is -2.03. The lowest BCUT2D eigenvalue weighted by atomic mass is 9.87. The Morgan fingerprint density at radius 1 is 1.71 bits per heavy atom. The molecule has 1 aromatic rings. The fourth-order valence-electron chi connectivity index (χ4n) is 2.08. The van der Waals surface area contributed by atoms with Crippen molar-refractivity contribution in [3.63, 3.8) is 0 Å². The van der Waals surface area contributed by atoms with E-state index in [9.17, 15) is 4.79 Å². The van der Waals surface area contributed by atoms with Crippen LogP contribution in [0.2, 0.25) is 0 Å². The van der Waals surface area contributed by atoms with Crippen LogP contribution in [0.3, 0.4) is 0 Å². The Kier molecular flexibility index (Phi) is 2.76. The molecule has 1 aliphatic rings. The molecule has 0 atom stereocenters. The zero-order valence-corrected chi connectivity index (χ0v) is 9.97. The second kappa shape index (κ2) is 4.09. The van der Waals surface area contributed by atoms with E-state index in [2.05, 4.69) is 16.5 Å². The molecule has 0 unspecified atom stereocenters. The van der Waals surface area contributed by atoms with Crippen LogP contribution in [0, 0.1) is 11.3 Å². The fourth-order valence-corrected chi connectivity index (χ4v) is 2.08. The molecule has 0 bridgehead atoms. The van der Waals surface area contributed by atoms with E-state index in [1.807, 2.05) is 13.2 Å². The summed E-state index contributed by atoms with van der Waals surface area (Å²) in [6.45, 7) is 2.65. The van der Waals surface area contributed by atoms with Gasteiger partial charge in [-0.1, -0.05) is 0 Å². The summed E-state index contributed by atoms with van der Waals surface area (Å²) in [5, 5.41) is 16.2. The van der Waals surface area contributed by atoms with Gasteiger partial charge in [-0.05, 0) is 0 Å². The summed E-state index contributed by atoms with van der Waals surface area (Å²) in [5.74, 6) is 0.0413. The molecule has 0 spiro atoms. The number of rotatable bonds is 3. The highest BCUT2D eigenvalue weighted by Crippen LogP contribution is 2.32. The number of carbonyl (C=O) groups excluding carboxylic acids is 1. The molecule has 1 fully saturated rings. The molecule has 0 aliphatic carbocycles. The van der Waals surface area contributed by atoms with Gasteiger partial charge in [0.15, 0.2) is 0 Å². The summed E-state index contributed by atoms with van der Waals surface area (Å²) in [5.41, 5.74) is 0.554. The average Bonchev–Trinajstić information content (AvgIpc) is 2.71. The van der Waals surface area contributed by atoms with E-state index in [1.165, 1.54) is 0 Å². The van der Waals surface area contributed by atoms with Crippen molar-refractivity contribution in [3.8, 4) is 6.07 Å². The standard InChI is InChI=1S/C11H15N5O/c1-9(17)15-7-11(8-15,3-4-12)16-6-10(13-2)5-14-16/h5-6,13H,3,7-8H2,1-2H3. The lowest BCUT2D eigenvalue weighted by molar-refractivity contribution is -0.140. The van der Waals surface area contributed by atoms with Gasteiger partial charge in [0.1, 0.15) is 5.54 Å². The second-order valence-corrected chi connectivity index (χ2v) is 4.36. The van der Waals surface area contributed by atoms with Crippen LogP contribution < -0.4 is 5.32 Å². The first kappa shape index (κ1) is 11.5. The number of aromatic nitrogens is 2. The van der Waals surface area contributed by atoms with Crippen molar-refractivity contribution in [2.75, 3.05) is 25.5 Å². The third kappa shape index (κ3) is 1.84. The van der Waals surface area contributed by atoms with Crippen molar-refractivity contribution in [2.24, 2.45) is 0 Å². The highest BCUT2D eigenvalue weighted by atomic mass is 16.2. The van der Waals surface area contributed by atoms with E-state index in [0.29, 0.717) is 19.5 Å². The van der Waals surface area contributed by atoms with Crippen molar-refractivity contribution in [3.05, 3.63) is 12.4 Å². The van der Waals surface area contributed by atoms with Crippen LogP contribution in [-0.2, 0) is 10.3 Å². The third-order valence-corrected chi connectivity index (χ3v) is 3.18. The topological polar surface area (TPSA) is 74.0 Å². The van der Waals surface area contributed by atoms with Crippen molar-refractivity contribution in [2.45, 2.75) is 18.9 Å². The number of nitriles is 1. The summed E-state index contributed by atoms with van der Waals surface area (Å²) < 4.78 is 1.79. The molecule has 90 valence electrons. The lowest BCUT2D eigenvalue weighted by Crippen LogP contribution is -2.63. The van der Waals surface area contributed by atoms with Gasteiger partial charge in [0.25, 0.3) is 0 Å². The molecule has 6 heteroatoms. The summed E-state index contributed by atoms with van der Waals surface area (Å²) in [6.07, 6.45) is 3.95. The predicted octanol–water partition coefficient (Wildman–Crippen LogP) is 0.396. The van der Waals surface area contributed by atoms with Crippen LogP contribution in [0.5, 0.6) is 0 Å². The van der Waals surface area contributed by atoms with Gasteiger partial charge in [-0.25, -0.2) is 0 Å². The average molecular weight is 233 g/mol. The zero-order valence-electron chi connectivity index (χ0n) is 9.97. The van der Waals surface area contributed by atoms with Crippen LogP contribution >= 0.6 is 0 Å². The third-order valence-electron chi connectivity index (χ3n) is 3.18. The van der Waals surface area contributed by atoms with E-state index in [-0.39, 0.29) is 11.4 Å². The van der Waals surface area contributed by atoms with Crippen molar-refractivity contribution < 1.29 is 4.79 Å². The highest BCUT2D eigenvalue weighted by molar-refractivity contribution is 5.74. The molecule has 1 amide bonds. The molecule has 0 aromatic carbocycles. The Morgan fingerprint density at radius 2 is 2.41 bits per heavy atom. The van der Waals surface area contributed by atoms with Gasteiger partial charge >= 0.3 is 0 Å². The molecular weight excluding hydrogens is 218 g/mol. The quantitative estimate of drug-likeness (QED) is 0.820. The number of nitrogens with zero attached hydrogens (tertiary/aromatic N) is 4. The van der Waals surface area contributed by atoms with Crippen molar-refractivity contribution in [1.82, 2.24) is 14.7 Å². The number of nitrogens with one attached hydrogen (secondary N) is 1. The van der Waals surface area contributed by atoms with Gasteiger partial charge in [0, 0.05) is 33.3 Å². The minimum Gasteiger partial charge on any atom is -0.386 e. The number of amides is 1. The highest BCUT2D eigenvalue weighted by Gasteiger charge is 2.46. The number of likely N-dealkylation sites (tertiary alicyclic amines) is 1. The van der Waals surface area contributed by atoms with Crippen molar-refractivity contribution in [1.29, 1.82) is 5.26 Å². The van der Waals surface area contributed by atoms with Crippen molar-refractivity contribution >= 4 is 11.6 Å². The largest absolute Gasteiger partial charge is 0.386 e. The zero-order chi connectivity index (χ0) is 12.5. The maximum atomic E-state index is 11.2. The number of carbonyl (C=O) groups is 1. The summed E-state index contributed by atoms with van der Waals surface area (Å²) in [4.78, 5) is 12.9. The van der Waals surface area contributed by atoms with Crippen LogP contribution in [0.4, 0.5) is 5.69 Å². The maximum Gasteiger partial charge on any atom is 0.219 e. The summed E-state index contributed by atoms with van der Waals surface area (Å²) in [7, 11) is 1.82. The molecule has 1 aliphatic heterocycles. The predicted molar refractivity (Wildman–Crippen MR) is 62.2 cm³/mol. The molecule has 17 heavy (non-hydrogen) atoms. The van der Waals surface area contributed by atoms with Gasteiger partial charge in [-0.15, -0.1) is 0 Å². The summed E-state index contributed by atoms with van der Waals surface area (Å²) >= 11 is 0. The van der Waals surface area contributed by atoms with E-state index in [0.717, 1.165) is 5.69 Å². The molecule has 2 rings (SSSR count). The molecule has 6 nitrogen and oxygen atoms in total. The normalized spacial score (nSPS) is 17.1. The first-order valence-corrected chi connectivity index (χ1v) is 5.47. The fraction of sp³-hybridized carbons (Fsp3) is 0.545. The minimum absolute atomic E-state index is 0.0413. The van der Waals surface area contributed by atoms with Gasteiger partial charge in [0.05, 0.1) is 24.4 Å². The van der Waals surface area contributed by atoms with Crippen LogP contribution in [0.1, 0.15) is 13.3 Å². The molecule has 0 saturated carbocycles. The molecule has 0 radical (unpaired) electrons. The minimum atomic E-state index is -0.352. The lowest BCUT2D eigenvalue weighted by Gasteiger charge is -2.48. The number of anilines is 1. The molecule has 1 aromatic heterocycles. The molecule has 2 heterocycles. The number of hydrogen-bond donors (Lipinski definition) is 1. The SMILES string of the molecule is CNc1cnn(C2(CC#N)CN(C(C)=O)C2)c1. The Balaban J connectivity index is 2.20.